The van der Waals surface area contributed by atoms with Crippen LogP contribution >= 0.6 is 0 Å². The number of carbonyl (C=O) groups is 2. The van der Waals surface area contributed by atoms with Crippen molar-refractivity contribution in [1.82, 2.24) is 0 Å². The molecule has 3 nitrogen and oxygen atoms in total. The Kier molecular flexibility index (Phi) is 6.86. The fourth-order valence-corrected chi connectivity index (χ4v) is 2.13. The highest BCUT2D eigenvalue weighted by Crippen LogP contribution is 2.18. The smallest absolute Gasteiger partial charge is 0.308 e. The zero-order valence-corrected chi connectivity index (χ0v) is 11.7. The van der Waals surface area contributed by atoms with E-state index in [1.54, 1.807) is 6.92 Å². The van der Waals surface area contributed by atoms with Crippen molar-refractivity contribution < 1.29 is 14.3 Å². The predicted octanol–water partition coefficient (Wildman–Crippen LogP) is 3.17. The molecule has 0 fully saturated rings. The van der Waals surface area contributed by atoms with E-state index in [2.05, 4.69) is 12.1 Å². The molecule has 19 heavy (non-hydrogen) atoms. The molecule has 1 atom stereocenters. The molecule has 3 heteroatoms. The molecule has 104 valence electrons. The number of carbonyl (C=O) groups excluding carboxylic acids is 2. The number of hydrogen-bond acceptors (Lipinski definition) is 3. The monoisotopic (exact) mass is 262 g/mol. The summed E-state index contributed by atoms with van der Waals surface area (Å²) >= 11 is 0. The molecule has 0 bridgehead atoms. The zero-order valence-electron chi connectivity index (χ0n) is 11.7. The van der Waals surface area contributed by atoms with E-state index < -0.39 is 0 Å². The van der Waals surface area contributed by atoms with Gasteiger partial charge in [0.05, 0.1) is 13.0 Å². The second-order valence-electron chi connectivity index (χ2n) is 4.84. The van der Waals surface area contributed by atoms with Gasteiger partial charge in [-0.05, 0) is 38.2 Å². The van der Waals surface area contributed by atoms with E-state index in [0.717, 1.165) is 25.7 Å². The topological polar surface area (TPSA) is 43.4 Å². The van der Waals surface area contributed by atoms with Gasteiger partial charge in [0.15, 0.2) is 0 Å². The van der Waals surface area contributed by atoms with Gasteiger partial charge >= 0.3 is 5.97 Å². The average Bonchev–Trinajstić information content (AvgIpc) is 2.42. The number of aryl methyl sites for hydroxylation is 1. The molecule has 0 aromatic heterocycles. The van der Waals surface area contributed by atoms with E-state index in [1.807, 2.05) is 18.2 Å². The predicted molar refractivity (Wildman–Crippen MR) is 74.8 cm³/mol. The van der Waals surface area contributed by atoms with Crippen LogP contribution in [0.15, 0.2) is 30.3 Å². The Hall–Kier alpha value is -1.64. The number of hydrogen-bond donors (Lipinski definition) is 0. The summed E-state index contributed by atoms with van der Waals surface area (Å²) in [5, 5.41) is 0. The third-order valence-electron chi connectivity index (χ3n) is 3.24. The summed E-state index contributed by atoms with van der Waals surface area (Å²) in [6.45, 7) is 1.58. The molecule has 0 N–H and O–H groups in total. The lowest BCUT2D eigenvalue weighted by molar-refractivity contribution is -0.146. The van der Waals surface area contributed by atoms with Crippen molar-refractivity contribution in [3.63, 3.8) is 0 Å². The van der Waals surface area contributed by atoms with E-state index in [0.29, 0.717) is 6.42 Å². The summed E-state index contributed by atoms with van der Waals surface area (Å²) in [5.74, 6) is -0.101. The molecular formula is C16H22O3. The van der Waals surface area contributed by atoms with Gasteiger partial charge in [-0.1, -0.05) is 30.3 Å². The summed E-state index contributed by atoms with van der Waals surface area (Å²) in [5.41, 5.74) is 1.22. The van der Waals surface area contributed by atoms with Crippen molar-refractivity contribution in [1.29, 1.82) is 0 Å². The van der Waals surface area contributed by atoms with Gasteiger partial charge in [0.25, 0.3) is 0 Å². The maximum absolute atomic E-state index is 11.7. The molecule has 0 aliphatic carbocycles. The third kappa shape index (κ3) is 6.18. The van der Waals surface area contributed by atoms with Crippen LogP contribution in [-0.4, -0.2) is 18.9 Å². The fourth-order valence-electron chi connectivity index (χ4n) is 2.13. The maximum Gasteiger partial charge on any atom is 0.308 e. The van der Waals surface area contributed by atoms with Gasteiger partial charge in [0, 0.05) is 6.42 Å². The second-order valence-corrected chi connectivity index (χ2v) is 4.84. The highest BCUT2D eigenvalue weighted by molar-refractivity contribution is 5.75. The Morgan fingerprint density at radius 3 is 2.42 bits per heavy atom. The van der Waals surface area contributed by atoms with Crippen molar-refractivity contribution >= 4 is 11.8 Å². The SMILES string of the molecule is COC(=O)[C@H](CCCC(C)=O)CCc1ccccc1. The van der Waals surface area contributed by atoms with Crippen molar-refractivity contribution in [3.8, 4) is 0 Å². The molecule has 0 unspecified atom stereocenters. The van der Waals surface area contributed by atoms with Gasteiger partial charge in [-0.25, -0.2) is 0 Å². The molecule has 0 aliphatic heterocycles. The highest BCUT2D eigenvalue weighted by Gasteiger charge is 2.18. The van der Waals surface area contributed by atoms with Gasteiger partial charge in [-0.3, -0.25) is 4.79 Å². The minimum absolute atomic E-state index is 0.107. The largest absolute Gasteiger partial charge is 0.469 e. The quantitative estimate of drug-likeness (QED) is 0.676. The summed E-state index contributed by atoms with van der Waals surface area (Å²) in [4.78, 5) is 22.6. The van der Waals surface area contributed by atoms with Crippen LogP contribution < -0.4 is 0 Å². The van der Waals surface area contributed by atoms with Crippen LogP contribution in [0.5, 0.6) is 0 Å². The maximum atomic E-state index is 11.7. The lowest BCUT2D eigenvalue weighted by Crippen LogP contribution is -2.17. The molecular weight excluding hydrogens is 240 g/mol. The number of benzene rings is 1. The minimum atomic E-state index is -0.167. The summed E-state index contributed by atoms with van der Waals surface area (Å²) in [7, 11) is 1.42. The standard InChI is InChI=1S/C16H22O3/c1-13(17)7-6-10-15(16(18)19-2)12-11-14-8-4-3-5-9-14/h3-5,8-9,15H,6-7,10-12H2,1-2H3/t15-/m1/s1. The Labute approximate surface area is 115 Å². The van der Waals surface area contributed by atoms with Crippen molar-refractivity contribution in [3.05, 3.63) is 35.9 Å². The van der Waals surface area contributed by atoms with E-state index in [4.69, 9.17) is 4.74 Å². The molecule has 0 spiro atoms. The lowest BCUT2D eigenvalue weighted by Gasteiger charge is -2.14. The van der Waals surface area contributed by atoms with Crippen molar-refractivity contribution in [2.75, 3.05) is 7.11 Å². The third-order valence-corrected chi connectivity index (χ3v) is 3.24. The van der Waals surface area contributed by atoms with Gasteiger partial charge in [0.2, 0.25) is 0 Å². The fraction of sp³-hybridized carbons (Fsp3) is 0.500. The number of rotatable bonds is 8. The molecule has 0 amide bonds. The Morgan fingerprint density at radius 1 is 1.16 bits per heavy atom. The lowest BCUT2D eigenvalue weighted by atomic mass is 9.94. The molecule has 0 radical (unpaired) electrons. The van der Waals surface area contributed by atoms with E-state index in [1.165, 1.54) is 12.7 Å². The van der Waals surface area contributed by atoms with Crippen LogP contribution in [0, 0.1) is 5.92 Å². The number of methoxy groups -OCH3 is 1. The molecule has 1 aromatic carbocycles. The first-order valence-corrected chi connectivity index (χ1v) is 6.74. The van der Waals surface area contributed by atoms with Gasteiger partial charge in [-0.15, -0.1) is 0 Å². The minimum Gasteiger partial charge on any atom is -0.469 e. The van der Waals surface area contributed by atoms with Gasteiger partial charge in [0.1, 0.15) is 5.78 Å². The van der Waals surface area contributed by atoms with Gasteiger partial charge < -0.3 is 9.53 Å². The molecule has 0 heterocycles. The van der Waals surface area contributed by atoms with Crippen molar-refractivity contribution in [2.45, 2.75) is 39.0 Å². The normalized spacial score (nSPS) is 11.9. The molecule has 1 aromatic rings. The molecule has 0 saturated heterocycles. The summed E-state index contributed by atoms with van der Waals surface area (Å²) in [6.07, 6.45) is 3.65. The first-order chi connectivity index (χ1) is 9.13. The average molecular weight is 262 g/mol. The van der Waals surface area contributed by atoms with E-state index in [-0.39, 0.29) is 17.7 Å². The van der Waals surface area contributed by atoms with Crippen LogP contribution in [0.2, 0.25) is 0 Å². The second kappa shape index (κ2) is 8.46. The van der Waals surface area contributed by atoms with Crippen LogP contribution in [0.25, 0.3) is 0 Å². The number of ether oxygens (including phenoxy) is 1. The number of esters is 1. The molecule has 0 aliphatic rings. The first-order valence-electron chi connectivity index (χ1n) is 6.74. The number of ketones is 1. The Balaban J connectivity index is 2.45. The van der Waals surface area contributed by atoms with Crippen LogP contribution in [0.4, 0.5) is 0 Å². The Bertz CT molecular complexity index is 398. The van der Waals surface area contributed by atoms with Crippen LogP contribution in [-0.2, 0) is 20.7 Å². The molecule has 1 rings (SSSR count). The highest BCUT2D eigenvalue weighted by atomic mass is 16.5. The van der Waals surface area contributed by atoms with Gasteiger partial charge in [-0.2, -0.15) is 0 Å². The molecule has 0 saturated carbocycles. The van der Waals surface area contributed by atoms with E-state index >= 15 is 0 Å². The van der Waals surface area contributed by atoms with Crippen molar-refractivity contribution in [2.24, 2.45) is 5.92 Å². The van der Waals surface area contributed by atoms with Crippen LogP contribution in [0.1, 0.15) is 38.2 Å². The zero-order chi connectivity index (χ0) is 14.1. The number of Topliss-reactive ketones (excluding diaryl/α,β-unsaturated/α-hetero) is 1. The Morgan fingerprint density at radius 2 is 1.84 bits per heavy atom. The van der Waals surface area contributed by atoms with E-state index in [9.17, 15) is 9.59 Å². The van der Waals surface area contributed by atoms with Crippen LogP contribution in [0.3, 0.4) is 0 Å². The summed E-state index contributed by atoms with van der Waals surface area (Å²) in [6, 6.07) is 10.1. The summed E-state index contributed by atoms with van der Waals surface area (Å²) < 4.78 is 4.83. The first kappa shape index (κ1) is 15.4.